The van der Waals surface area contributed by atoms with E-state index in [0.29, 0.717) is 104 Å². The van der Waals surface area contributed by atoms with Crippen LogP contribution in [0.25, 0.3) is 21.3 Å². The fraction of sp³-hybridized carbons (Fsp3) is 0.529. The monoisotopic (exact) mass is 2440 g/mol. The largest absolute Gasteiger partial charge is 0 e. The molecule has 4 radical (unpaired) electrons. The van der Waals surface area contributed by atoms with Gasteiger partial charge in [-0.25, -0.2) is 0 Å². The van der Waals surface area contributed by atoms with E-state index in [-0.39, 0.29) is 193 Å². The number of hydrogen-bond donors (Lipinski definition) is 4. The molecule has 4 atom stereocenters. The number of carbonyl (C=O) groups excluding carboxylic acids is 8. The molecule has 16 nitrogen and oxygen atoms in total. The van der Waals surface area contributed by atoms with Crippen molar-refractivity contribution in [2.45, 2.75) is 210 Å². The molecule has 518 valence electrons. The molecule has 0 aromatic heterocycles. The van der Waals surface area contributed by atoms with Crippen molar-refractivity contribution in [3.63, 3.8) is 0 Å². The normalized spacial score (nSPS) is 20.3. The van der Waals surface area contributed by atoms with Crippen LogP contribution >= 0.6 is 0 Å². The van der Waals surface area contributed by atoms with Gasteiger partial charge in [0.2, 0.25) is 11.8 Å². The van der Waals surface area contributed by atoms with Gasteiger partial charge in [0.15, 0.2) is 0 Å². The predicted octanol–water partition coefficient (Wildman–Crippen LogP) is 11.2. The van der Waals surface area contributed by atoms with Crippen LogP contribution in [0.2, 0.25) is 0 Å². The molecule has 4 fully saturated rings. The van der Waals surface area contributed by atoms with Crippen molar-refractivity contribution in [2.24, 2.45) is 21.7 Å². The van der Waals surface area contributed by atoms with Crippen LogP contribution in [0.1, 0.15) is 188 Å². The van der Waals surface area contributed by atoms with Crippen LogP contribution in [-0.4, -0.2) is 87.2 Å². The van der Waals surface area contributed by atoms with Crippen LogP contribution in [0.5, 0.6) is 0 Å². The van der Waals surface area contributed by atoms with Gasteiger partial charge >= 0.3 is 380 Å². The van der Waals surface area contributed by atoms with E-state index in [9.17, 15) is 38.4 Å². The molecule has 4 N–H and O–H groups in total. The number of piperidine rings is 4. The van der Waals surface area contributed by atoms with E-state index in [2.05, 4.69) is 210 Å². The first-order valence-electron chi connectivity index (χ1n) is 28.8. The Bertz CT molecular complexity index is 2970. The molecular formula is C68H91N8O8V4W4Y4-11. The minimum Gasteiger partial charge on any atom is 0 e. The van der Waals surface area contributed by atoms with Gasteiger partial charge in [-0.05, 0) is 29.3 Å². The summed E-state index contributed by atoms with van der Waals surface area (Å²) in [5, 5.41) is 26.5. The Morgan fingerprint density at radius 3 is 1.04 bits per heavy atom. The summed E-state index contributed by atoms with van der Waals surface area (Å²) < 4.78 is 7.32. The second kappa shape index (κ2) is 53.0. The summed E-state index contributed by atoms with van der Waals surface area (Å²) >= 11 is 14.9. The SMILES string of the molecule is C=C1CCC(C)([N-]C(=O)C(=[C-][C](=[V])CC(C)(C)C)[CH]=[W])C(=O)N1.CC(C)(C)C[C-]=[V].[CH-]=C(C=[C-]CC(C)(C)C)C(=O)[N-]C1(C)CCC(=C)NC1=O.[CH-]=C(CC(C)(C)C)C(=[CH-])C(=O)[N-]C1(C)CCC(=C)NC1=O.[CH-]=C([CH]=[W])C(=O)[N-]C1(C)CCC(=C)NC1=O.[V]=[W].[V]=[W].[Y].[Y].[Y].[Y]. The number of hydrogen-bond acceptors (Lipinski definition) is 8. The predicted molar refractivity (Wildman–Crippen MR) is 337 cm³/mol. The number of rotatable bonds is 17. The van der Waals surface area contributed by atoms with Gasteiger partial charge < -0.3 is 79.5 Å². The minimum absolute atomic E-state index is 0. The molecule has 0 bridgehead atoms. The second-order valence-corrected chi connectivity index (χ2v) is 30.6. The van der Waals surface area contributed by atoms with Gasteiger partial charge in [-0.15, -0.1) is 24.7 Å². The van der Waals surface area contributed by atoms with Gasteiger partial charge in [0.05, 0.1) is 0 Å². The summed E-state index contributed by atoms with van der Waals surface area (Å²) in [6.07, 6.45) is 14.9. The quantitative estimate of drug-likeness (QED) is 0.0619. The van der Waals surface area contributed by atoms with E-state index in [1.54, 1.807) is 36.5 Å². The van der Waals surface area contributed by atoms with Crippen molar-refractivity contribution in [1.82, 2.24) is 21.3 Å². The summed E-state index contributed by atoms with van der Waals surface area (Å²) in [7, 11) is 0. The molecule has 0 aromatic carbocycles. The summed E-state index contributed by atoms with van der Waals surface area (Å²) in [4.78, 5) is 95.9. The summed E-state index contributed by atoms with van der Waals surface area (Å²) in [6, 6.07) is 0. The average molecular weight is 2440 g/mol. The summed E-state index contributed by atoms with van der Waals surface area (Å²) in [5.74, 6) is -3.35. The van der Waals surface area contributed by atoms with Crippen molar-refractivity contribution in [1.29, 1.82) is 0 Å². The maximum Gasteiger partial charge on any atom is 0 e. The van der Waals surface area contributed by atoms with Crippen LogP contribution in [0.4, 0.5) is 0 Å². The summed E-state index contributed by atoms with van der Waals surface area (Å²) in [6.45, 7) is 69.4. The molecular weight excluding hydrogens is 2350 g/mol. The molecule has 4 rings (SSSR count). The number of carbonyl (C=O) groups is 8. The molecule has 4 unspecified atom stereocenters. The number of nitrogens with one attached hydrogen (secondary N) is 4. The molecule has 0 spiro atoms. The standard InChI is InChI=1S/2C17H24N2O2.C17H23N2O2.C11H13N2O2.C6H11.4V.4W.4Y/c1-11(10-16(4,5)6)13(3)14(20)19-17(7)9-8-12(2)18-15(17)21;2*1-12(8-7-10-16(3,4)5)14(20)19-17(6)11-9-13(2)18-15(17)21;1-7(2)9(14)13-11(4)6-5-8(3)12-10(11)15;1-5-6(2,3)4;;;;;;;;;;;;/h1,3H,2,8-10H2,4-7H3,(H2,18,19,20,21);1,8H,2,9-11H2,3-6H3,(H2,18,19,20,21);1H,2,9-11H2,3-6H3,(H2,18,19,20,21);1-2H,3,5-6H2,4H3,(H2,12,13,14,15);5H2,2-4H3;;;;;;;;;;;;/q2*-2;3*-1;;;;;;;;;;;;/p-4. The Labute approximate surface area is 752 Å². The number of amides is 8. The Kier molecular flexibility index (Phi) is 61.6. The average Bonchev–Trinajstić information content (AvgIpc) is 0.840. The molecule has 4 heterocycles. The molecule has 8 amide bonds. The van der Waals surface area contributed by atoms with Gasteiger partial charge in [0, 0.05) is 142 Å². The molecule has 96 heavy (non-hydrogen) atoms. The summed E-state index contributed by atoms with van der Waals surface area (Å²) in [5.41, 5.74) is -0.359. The molecule has 0 saturated carbocycles. The van der Waals surface area contributed by atoms with Crippen molar-refractivity contribution >= 4 is 65.0 Å². The third-order valence-electron chi connectivity index (χ3n) is 12.9. The minimum atomic E-state index is -1.12. The maximum atomic E-state index is 12.5. The molecule has 4 aliphatic rings. The maximum absolute atomic E-state index is 12.5. The zero-order chi connectivity index (χ0) is 72.8. The van der Waals surface area contributed by atoms with Gasteiger partial charge in [-0.3, -0.25) is 9.59 Å². The van der Waals surface area contributed by atoms with Crippen LogP contribution < -0.4 is 21.3 Å². The van der Waals surface area contributed by atoms with Crippen molar-refractivity contribution in [3.05, 3.63) is 143 Å². The number of nitrogens with zero attached hydrogens (tertiary/aromatic N) is 4. The van der Waals surface area contributed by atoms with E-state index in [1.807, 2.05) is 20.8 Å². The van der Waals surface area contributed by atoms with Gasteiger partial charge in [0.1, 0.15) is 0 Å². The first kappa shape index (κ1) is 111. The van der Waals surface area contributed by atoms with E-state index >= 15 is 0 Å². The Hall–Kier alpha value is 2.15. The first-order chi connectivity index (χ1) is 41.9. The second-order valence-electron chi connectivity index (χ2n) is 27.5. The molecule has 28 heteroatoms. The van der Waals surface area contributed by atoms with E-state index < -0.39 is 39.9 Å². The van der Waals surface area contributed by atoms with Crippen LogP contribution in [0.15, 0.2) is 83.0 Å². The Morgan fingerprint density at radius 1 is 0.500 bits per heavy atom. The Balaban J connectivity index is -0.000000207. The fourth-order valence-electron chi connectivity index (χ4n) is 7.49. The van der Waals surface area contributed by atoms with Crippen LogP contribution in [0, 0.1) is 60.1 Å². The smallest absolute Gasteiger partial charge is 0 e. The fourth-order valence-corrected chi connectivity index (χ4v) is 10.1. The third kappa shape index (κ3) is 47.7. The third-order valence-corrected chi connectivity index (χ3v) is 15.3. The number of allylic oxidation sites excluding steroid dienone is 6. The Morgan fingerprint density at radius 2 is 0.792 bits per heavy atom. The molecule has 4 saturated heterocycles. The molecule has 4 aliphatic heterocycles. The van der Waals surface area contributed by atoms with Crippen LogP contribution in [-0.2, 0) is 304 Å². The van der Waals surface area contributed by atoms with Crippen LogP contribution in [0.3, 0.4) is 0 Å². The van der Waals surface area contributed by atoms with Crippen molar-refractivity contribution in [3.8, 4) is 0 Å². The zero-order valence-corrected chi connectivity index (χ0v) is 87.3. The van der Waals surface area contributed by atoms with Crippen molar-refractivity contribution < 1.29 is 304 Å². The zero-order valence-electron chi connectivity index (χ0n) is 58.6. The van der Waals surface area contributed by atoms with E-state index in [0.717, 1.165) is 55.8 Å². The van der Waals surface area contributed by atoms with E-state index in [4.69, 9.17) is 26.3 Å². The molecule has 0 aliphatic carbocycles. The molecule has 0 aromatic rings. The van der Waals surface area contributed by atoms with E-state index in [1.165, 1.54) is 39.7 Å². The first-order valence-corrected chi connectivity index (χ1v) is 45.6. The van der Waals surface area contributed by atoms with Gasteiger partial charge in [-0.2, -0.15) is 0 Å². The van der Waals surface area contributed by atoms with Gasteiger partial charge in [0.25, 0.3) is 0 Å². The van der Waals surface area contributed by atoms with Crippen molar-refractivity contribution in [2.75, 3.05) is 0 Å². The van der Waals surface area contributed by atoms with Gasteiger partial charge in [-0.1, -0.05) is 86.8 Å². The topological polar surface area (TPSA) is 241 Å².